The van der Waals surface area contributed by atoms with Gasteiger partial charge in [0, 0.05) is 6.04 Å². The van der Waals surface area contributed by atoms with E-state index in [1.54, 1.807) is 0 Å². The zero-order chi connectivity index (χ0) is 25.3. The highest BCUT2D eigenvalue weighted by atomic mass is 15.1. The first-order valence-corrected chi connectivity index (χ1v) is 16.1. The summed E-state index contributed by atoms with van der Waals surface area (Å²) in [5.74, 6) is 5.68. The highest BCUT2D eigenvalue weighted by Gasteiger charge is 2.32. The maximum absolute atomic E-state index is 2.54. The van der Waals surface area contributed by atoms with Gasteiger partial charge in [-0.1, -0.05) is 131 Å². The fraction of sp³-hybridized carbons (Fsp3) is 1.00. The molecule has 0 aromatic heterocycles. The summed E-state index contributed by atoms with van der Waals surface area (Å²) in [6.07, 6.45) is 24.8. The molecule has 0 aromatic rings. The summed E-state index contributed by atoms with van der Waals surface area (Å²) in [7, 11) is 2.29. The van der Waals surface area contributed by atoms with Crippen LogP contribution in [0, 0.1) is 35.5 Å². The van der Waals surface area contributed by atoms with Gasteiger partial charge in [0.2, 0.25) is 0 Å². The van der Waals surface area contributed by atoms with Crippen molar-refractivity contribution in [1.29, 1.82) is 0 Å². The molecule has 0 heterocycles. The normalized spacial score (nSPS) is 27.8. The lowest BCUT2D eigenvalue weighted by Gasteiger charge is -2.39. The van der Waals surface area contributed by atoms with Crippen LogP contribution in [0.3, 0.4) is 0 Å². The predicted molar refractivity (Wildman–Crippen MR) is 156 cm³/mol. The van der Waals surface area contributed by atoms with Gasteiger partial charge in [0.05, 0.1) is 0 Å². The van der Waals surface area contributed by atoms with E-state index < -0.39 is 0 Å². The Labute approximate surface area is 217 Å². The Hall–Kier alpha value is -0.0400. The van der Waals surface area contributed by atoms with E-state index >= 15 is 0 Å². The van der Waals surface area contributed by atoms with E-state index in [2.05, 4.69) is 60.4 Å². The average molecular weight is 478 g/mol. The zero-order valence-electron chi connectivity index (χ0n) is 25.2. The fourth-order valence-corrected chi connectivity index (χ4v) is 7.25. The second-order valence-corrected chi connectivity index (χ2v) is 12.6. The second-order valence-electron chi connectivity index (χ2n) is 12.6. The SMILES string of the molecule is CCCCC(CC)C1CCCCCC(C)CCC(CCCCCC(C)C(C)N(C)CC)C1CC. The van der Waals surface area contributed by atoms with E-state index in [1.807, 2.05) is 0 Å². The number of hydrogen-bond acceptors (Lipinski definition) is 1. The van der Waals surface area contributed by atoms with Crippen LogP contribution in [0.5, 0.6) is 0 Å². The average Bonchev–Trinajstić information content (AvgIpc) is 2.87. The first kappa shape index (κ1) is 32.0. The Morgan fingerprint density at radius 1 is 0.794 bits per heavy atom. The molecule has 7 atom stereocenters. The molecule has 1 heteroatoms. The van der Waals surface area contributed by atoms with Crippen molar-refractivity contribution in [1.82, 2.24) is 4.90 Å². The van der Waals surface area contributed by atoms with Gasteiger partial charge in [-0.2, -0.15) is 0 Å². The molecule has 1 aliphatic rings. The van der Waals surface area contributed by atoms with Crippen LogP contribution < -0.4 is 0 Å². The van der Waals surface area contributed by atoms with Crippen LogP contribution in [-0.4, -0.2) is 24.5 Å². The predicted octanol–water partition coefficient (Wildman–Crippen LogP) is 10.8. The third-order valence-electron chi connectivity index (χ3n) is 10.2. The first-order valence-electron chi connectivity index (χ1n) is 16.1. The van der Waals surface area contributed by atoms with E-state index in [0.29, 0.717) is 6.04 Å². The fourth-order valence-electron chi connectivity index (χ4n) is 7.25. The van der Waals surface area contributed by atoms with Gasteiger partial charge in [0.15, 0.2) is 0 Å². The minimum absolute atomic E-state index is 0.716. The number of nitrogens with zero attached hydrogens (tertiary/aromatic N) is 1. The molecule has 0 spiro atoms. The summed E-state index contributed by atoms with van der Waals surface area (Å²) >= 11 is 0. The van der Waals surface area contributed by atoms with Gasteiger partial charge in [-0.3, -0.25) is 0 Å². The summed E-state index contributed by atoms with van der Waals surface area (Å²) in [4.78, 5) is 2.52. The second kappa shape index (κ2) is 19.1. The highest BCUT2D eigenvalue weighted by Crippen LogP contribution is 2.42. The monoisotopic (exact) mass is 478 g/mol. The van der Waals surface area contributed by atoms with Crippen LogP contribution in [-0.2, 0) is 0 Å². The molecule has 0 amide bonds. The molecule has 0 bridgehead atoms. The lowest BCUT2D eigenvalue weighted by Crippen LogP contribution is -2.34. The van der Waals surface area contributed by atoms with Crippen molar-refractivity contribution in [2.75, 3.05) is 13.6 Å². The van der Waals surface area contributed by atoms with Crippen LogP contribution in [0.4, 0.5) is 0 Å². The van der Waals surface area contributed by atoms with Crippen molar-refractivity contribution in [3.05, 3.63) is 0 Å². The summed E-state index contributed by atoms with van der Waals surface area (Å²) in [6.45, 7) is 18.3. The van der Waals surface area contributed by atoms with Gasteiger partial charge in [-0.25, -0.2) is 0 Å². The summed E-state index contributed by atoms with van der Waals surface area (Å²) in [5, 5.41) is 0. The lowest BCUT2D eigenvalue weighted by molar-refractivity contribution is 0.114. The first-order chi connectivity index (χ1) is 16.4. The highest BCUT2D eigenvalue weighted by molar-refractivity contribution is 4.83. The zero-order valence-corrected chi connectivity index (χ0v) is 25.2. The van der Waals surface area contributed by atoms with Gasteiger partial charge in [-0.15, -0.1) is 0 Å². The van der Waals surface area contributed by atoms with Crippen molar-refractivity contribution in [3.8, 4) is 0 Å². The van der Waals surface area contributed by atoms with Crippen LogP contribution in [0.25, 0.3) is 0 Å². The van der Waals surface area contributed by atoms with E-state index in [1.165, 1.54) is 116 Å². The smallest absolute Gasteiger partial charge is 0.00893 e. The Kier molecular flexibility index (Phi) is 18.0. The Morgan fingerprint density at radius 3 is 2.18 bits per heavy atom. The maximum Gasteiger partial charge on any atom is 0.00893 e. The quantitative estimate of drug-likeness (QED) is 0.212. The topological polar surface area (TPSA) is 3.24 Å². The van der Waals surface area contributed by atoms with Gasteiger partial charge in [-0.05, 0) is 75.3 Å². The van der Waals surface area contributed by atoms with Crippen LogP contribution in [0.2, 0.25) is 0 Å². The molecule has 0 N–H and O–H groups in total. The molecule has 1 aliphatic carbocycles. The number of unbranched alkanes of at least 4 members (excludes halogenated alkanes) is 3. The van der Waals surface area contributed by atoms with Gasteiger partial charge in [0.25, 0.3) is 0 Å². The van der Waals surface area contributed by atoms with Crippen molar-refractivity contribution < 1.29 is 0 Å². The molecule has 0 saturated heterocycles. The van der Waals surface area contributed by atoms with Crippen molar-refractivity contribution in [2.24, 2.45) is 35.5 Å². The van der Waals surface area contributed by atoms with Crippen molar-refractivity contribution in [2.45, 2.75) is 164 Å². The molecule has 1 fully saturated rings. The van der Waals surface area contributed by atoms with Crippen molar-refractivity contribution >= 4 is 0 Å². The standard InChI is InChI=1S/C33H67N/c1-9-13-22-30(10-2)33-24-19-14-16-20-27(5)25-26-31(32(33)11-3)23-18-15-17-21-28(6)29(7)34(8)12-4/h27-33H,9-26H2,1-8H3. The molecule has 0 aliphatic heterocycles. The summed E-state index contributed by atoms with van der Waals surface area (Å²) in [6, 6.07) is 0.716. The Balaban J connectivity index is 2.77. The minimum Gasteiger partial charge on any atom is -0.304 e. The number of hydrogen-bond donors (Lipinski definition) is 0. The third-order valence-corrected chi connectivity index (χ3v) is 10.2. The molecule has 1 nitrogen and oxygen atoms in total. The summed E-state index contributed by atoms with van der Waals surface area (Å²) in [5.41, 5.74) is 0. The van der Waals surface area contributed by atoms with Crippen molar-refractivity contribution in [3.63, 3.8) is 0 Å². The van der Waals surface area contributed by atoms with Gasteiger partial charge in [0.1, 0.15) is 0 Å². The largest absolute Gasteiger partial charge is 0.304 e. The summed E-state index contributed by atoms with van der Waals surface area (Å²) < 4.78 is 0. The molecule has 1 rings (SSSR count). The van der Waals surface area contributed by atoms with E-state index in [9.17, 15) is 0 Å². The molecule has 7 unspecified atom stereocenters. The Bertz CT molecular complexity index is 459. The molecular formula is C33H67N. The van der Waals surface area contributed by atoms with E-state index in [4.69, 9.17) is 0 Å². The molecule has 0 radical (unpaired) electrons. The van der Waals surface area contributed by atoms with E-state index in [-0.39, 0.29) is 0 Å². The molecule has 0 aromatic carbocycles. The molecule has 1 saturated carbocycles. The maximum atomic E-state index is 2.54. The molecular weight excluding hydrogens is 410 g/mol. The lowest BCUT2D eigenvalue weighted by atomic mass is 9.67. The van der Waals surface area contributed by atoms with Crippen LogP contribution >= 0.6 is 0 Å². The number of rotatable bonds is 15. The van der Waals surface area contributed by atoms with Gasteiger partial charge >= 0.3 is 0 Å². The van der Waals surface area contributed by atoms with Crippen LogP contribution in [0.15, 0.2) is 0 Å². The van der Waals surface area contributed by atoms with E-state index in [0.717, 1.165) is 35.5 Å². The minimum atomic E-state index is 0.716. The van der Waals surface area contributed by atoms with Gasteiger partial charge < -0.3 is 4.90 Å². The third kappa shape index (κ3) is 11.8. The van der Waals surface area contributed by atoms with Crippen LogP contribution in [0.1, 0.15) is 158 Å². The Morgan fingerprint density at radius 2 is 1.53 bits per heavy atom. The molecule has 204 valence electrons. The molecule has 34 heavy (non-hydrogen) atoms.